The van der Waals surface area contributed by atoms with Gasteiger partial charge in [-0.25, -0.2) is 13.1 Å². The van der Waals surface area contributed by atoms with Gasteiger partial charge in [0.25, 0.3) is 5.91 Å². The van der Waals surface area contributed by atoms with E-state index in [0.29, 0.717) is 18.7 Å². The second-order valence-corrected chi connectivity index (χ2v) is 7.18. The van der Waals surface area contributed by atoms with Gasteiger partial charge in [-0.05, 0) is 37.1 Å². The molecule has 0 spiro atoms. The van der Waals surface area contributed by atoms with E-state index in [-0.39, 0.29) is 29.3 Å². The van der Waals surface area contributed by atoms with Gasteiger partial charge in [0.15, 0.2) is 0 Å². The standard InChI is InChI=1S/C14H19N3O3S.ClH/c18-14(17-9-7-15-8-10-17)11-1-5-13(6-2-11)21(19,20)16-12-3-4-12;/h1-2,5-6,12,15-16H,3-4,7-10H2;1H. The van der Waals surface area contributed by atoms with Crippen molar-refractivity contribution in [2.75, 3.05) is 26.2 Å². The van der Waals surface area contributed by atoms with Gasteiger partial charge in [0.2, 0.25) is 10.0 Å². The van der Waals surface area contributed by atoms with Crippen molar-refractivity contribution in [3.8, 4) is 0 Å². The number of piperazine rings is 1. The van der Waals surface area contributed by atoms with Gasteiger partial charge in [-0.15, -0.1) is 12.4 Å². The van der Waals surface area contributed by atoms with Gasteiger partial charge in [0, 0.05) is 37.8 Å². The van der Waals surface area contributed by atoms with Gasteiger partial charge in [0.05, 0.1) is 4.90 Å². The first-order valence-electron chi connectivity index (χ1n) is 7.19. The summed E-state index contributed by atoms with van der Waals surface area (Å²) in [7, 11) is -3.45. The fourth-order valence-corrected chi connectivity index (χ4v) is 3.62. The Hall–Kier alpha value is -1.15. The van der Waals surface area contributed by atoms with Crippen LogP contribution in [0.3, 0.4) is 0 Å². The summed E-state index contributed by atoms with van der Waals surface area (Å²) in [4.78, 5) is 14.3. The largest absolute Gasteiger partial charge is 0.336 e. The van der Waals surface area contributed by atoms with Gasteiger partial charge in [-0.3, -0.25) is 4.79 Å². The maximum Gasteiger partial charge on any atom is 0.253 e. The number of rotatable bonds is 4. The molecular formula is C14H20ClN3O3S. The van der Waals surface area contributed by atoms with E-state index in [4.69, 9.17) is 0 Å². The van der Waals surface area contributed by atoms with Gasteiger partial charge in [0.1, 0.15) is 0 Å². The van der Waals surface area contributed by atoms with Crippen LogP contribution in [-0.2, 0) is 10.0 Å². The Morgan fingerprint density at radius 3 is 2.27 bits per heavy atom. The third kappa shape index (κ3) is 3.98. The second-order valence-electron chi connectivity index (χ2n) is 5.46. The lowest BCUT2D eigenvalue weighted by atomic mass is 10.2. The molecule has 122 valence electrons. The molecule has 1 amide bonds. The summed E-state index contributed by atoms with van der Waals surface area (Å²) >= 11 is 0. The summed E-state index contributed by atoms with van der Waals surface area (Å²) in [6.07, 6.45) is 1.80. The average molecular weight is 346 g/mol. The van der Waals surface area contributed by atoms with Crippen molar-refractivity contribution >= 4 is 28.3 Å². The first-order valence-corrected chi connectivity index (χ1v) is 8.67. The van der Waals surface area contributed by atoms with Gasteiger partial charge in [-0.1, -0.05) is 0 Å². The summed E-state index contributed by atoms with van der Waals surface area (Å²) in [6.45, 7) is 2.96. The topological polar surface area (TPSA) is 78.5 Å². The Morgan fingerprint density at radius 1 is 1.14 bits per heavy atom. The van der Waals surface area contributed by atoms with Crippen LogP contribution in [0.4, 0.5) is 0 Å². The normalized spacial score (nSPS) is 18.6. The Balaban J connectivity index is 0.00000176. The first kappa shape index (κ1) is 17.2. The van der Waals surface area contributed by atoms with E-state index < -0.39 is 10.0 Å². The zero-order chi connectivity index (χ0) is 14.9. The molecule has 3 rings (SSSR count). The monoisotopic (exact) mass is 345 g/mol. The molecule has 1 saturated carbocycles. The van der Waals surface area contributed by atoms with Crippen LogP contribution >= 0.6 is 12.4 Å². The minimum atomic E-state index is -3.45. The highest BCUT2D eigenvalue weighted by Gasteiger charge is 2.28. The summed E-state index contributed by atoms with van der Waals surface area (Å²) in [6, 6.07) is 6.26. The second kappa shape index (κ2) is 6.95. The Kier molecular flexibility index (Phi) is 5.44. The first-order chi connectivity index (χ1) is 10.1. The quantitative estimate of drug-likeness (QED) is 0.837. The van der Waals surface area contributed by atoms with Crippen molar-refractivity contribution in [2.45, 2.75) is 23.8 Å². The molecule has 1 aliphatic carbocycles. The molecular weight excluding hydrogens is 326 g/mol. The van der Waals surface area contributed by atoms with Crippen LogP contribution in [0, 0.1) is 0 Å². The molecule has 1 aromatic carbocycles. The number of halogens is 1. The Bertz CT molecular complexity index is 623. The number of benzene rings is 1. The van der Waals surface area contributed by atoms with Crippen molar-refractivity contribution in [3.63, 3.8) is 0 Å². The number of amides is 1. The number of nitrogens with zero attached hydrogens (tertiary/aromatic N) is 1. The molecule has 8 heteroatoms. The fourth-order valence-electron chi connectivity index (χ4n) is 2.32. The summed E-state index contributed by atoms with van der Waals surface area (Å²) in [5, 5.41) is 3.19. The lowest BCUT2D eigenvalue weighted by Crippen LogP contribution is -2.46. The number of hydrogen-bond acceptors (Lipinski definition) is 4. The van der Waals surface area contributed by atoms with Crippen LogP contribution < -0.4 is 10.0 Å². The van der Waals surface area contributed by atoms with Crippen LogP contribution in [-0.4, -0.2) is 51.4 Å². The number of nitrogens with one attached hydrogen (secondary N) is 2. The minimum Gasteiger partial charge on any atom is -0.336 e. The van der Waals surface area contributed by atoms with E-state index in [1.54, 1.807) is 17.0 Å². The van der Waals surface area contributed by atoms with E-state index in [9.17, 15) is 13.2 Å². The van der Waals surface area contributed by atoms with Crippen molar-refractivity contribution < 1.29 is 13.2 Å². The number of carbonyl (C=O) groups is 1. The zero-order valence-electron chi connectivity index (χ0n) is 12.1. The van der Waals surface area contributed by atoms with Gasteiger partial charge < -0.3 is 10.2 Å². The van der Waals surface area contributed by atoms with E-state index in [0.717, 1.165) is 25.9 Å². The molecule has 0 atom stereocenters. The zero-order valence-corrected chi connectivity index (χ0v) is 13.8. The van der Waals surface area contributed by atoms with Crippen molar-refractivity contribution in [3.05, 3.63) is 29.8 Å². The van der Waals surface area contributed by atoms with Crippen molar-refractivity contribution in [1.82, 2.24) is 14.9 Å². The lowest BCUT2D eigenvalue weighted by molar-refractivity contribution is 0.0735. The molecule has 1 aliphatic heterocycles. The third-order valence-corrected chi connectivity index (χ3v) is 5.25. The SMILES string of the molecule is Cl.O=C(c1ccc(S(=O)(=O)NC2CC2)cc1)N1CCNCC1. The van der Waals surface area contributed by atoms with E-state index >= 15 is 0 Å². The van der Waals surface area contributed by atoms with Crippen LogP contribution in [0.2, 0.25) is 0 Å². The predicted octanol–water partition coefficient (Wildman–Crippen LogP) is 0.594. The van der Waals surface area contributed by atoms with Gasteiger partial charge >= 0.3 is 0 Å². The van der Waals surface area contributed by atoms with E-state index in [2.05, 4.69) is 10.0 Å². The van der Waals surface area contributed by atoms with Crippen LogP contribution in [0.1, 0.15) is 23.2 Å². The molecule has 0 unspecified atom stereocenters. The highest BCUT2D eigenvalue weighted by Crippen LogP contribution is 2.22. The van der Waals surface area contributed by atoms with Crippen molar-refractivity contribution in [1.29, 1.82) is 0 Å². The highest BCUT2D eigenvalue weighted by molar-refractivity contribution is 7.89. The molecule has 1 aromatic rings. The van der Waals surface area contributed by atoms with Gasteiger partial charge in [-0.2, -0.15) is 0 Å². The third-order valence-electron chi connectivity index (χ3n) is 3.71. The molecule has 2 fully saturated rings. The predicted molar refractivity (Wildman–Crippen MR) is 85.8 cm³/mol. The van der Waals surface area contributed by atoms with Crippen LogP contribution in [0.15, 0.2) is 29.2 Å². The van der Waals surface area contributed by atoms with Crippen LogP contribution in [0.25, 0.3) is 0 Å². The summed E-state index contributed by atoms with van der Waals surface area (Å²) < 4.78 is 26.7. The Morgan fingerprint density at radius 2 is 1.73 bits per heavy atom. The summed E-state index contributed by atoms with van der Waals surface area (Å²) in [5.41, 5.74) is 0.530. The molecule has 1 saturated heterocycles. The van der Waals surface area contributed by atoms with Crippen molar-refractivity contribution in [2.24, 2.45) is 0 Å². The molecule has 0 radical (unpaired) electrons. The number of hydrogen-bond donors (Lipinski definition) is 2. The lowest BCUT2D eigenvalue weighted by Gasteiger charge is -2.27. The minimum absolute atomic E-state index is 0. The maximum absolute atomic E-state index is 12.3. The smallest absolute Gasteiger partial charge is 0.253 e. The highest BCUT2D eigenvalue weighted by atomic mass is 35.5. The molecule has 0 bridgehead atoms. The average Bonchev–Trinajstić information content (AvgIpc) is 3.31. The molecule has 0 aromatic heterocycles. The number of sulfonamides is 1. The maximum atomic E-state index is 12.3. The van der Waals surface area contributed by atoms with Crippen LogP contribution in [0.5, 0.6) is 0 Å². The molecule has 1 heterocycles. The molecule has 2 N–H and O–H groups in total. The molecule has 22 heavy (non-hydrogen) atoms. The Labute approximate surface area is 136 Å². The fraction of sp³-hybridized carbons (Fsp3) is 0.500. The van der Waals surface area contributed by atoms with E-state index in [1.165, 1.54) is 12.1 Å². The molecule has 6 nitrogen and oxygen atoms in total. The number of carbonyl (C=O) groups excluding carboxylic acids is 1. The van der Waals surface area contributed by atoms with E-state index in [1.807, 2.05) is 0 Å². The summed E-state index contributed by atoms with van der Waals surface area (Å²) in [5.74, 6) is -0.0457. The molecule has 2 aliphatic rings.